The van der Waals surface area contributed by atoms with Gasteiger partial charge in [0.25, 0.3) is 0 Å². The fourth-order valence-electron chi connectivity index (χ4n) is 0.666. The Balaban J connectivity index is 3.08. The minimum absolute atomic E-state index is 0.295. The lowest BCUT2D eigenvalue weighted by Gasteiger charge is -1.63. The van der Waals surface area contributed by atoms with Crippen molar-refractivity contribution in [2.45, 2.75) is 0 Å². The normalized spacial score (nSPS) is 10.7. The van der Waals surface area contributed by atoms with Crippen LogP contribution in [-0.2, 0) is 0 Å². The molecule has 0 saturated carbocycles. The number of aromatic amines is 2. The van der Waals surface area contributed by atoms with Crippen LogP contribution in [0.2, 0.25) is 0 Å². The van der Waals surface area contributed by atoms with Crippen molar-refractivity contribution in [3.05, 3.63) is 16.9 Å². The third-order valence-corrected chi connectivity index (χ3v) is 1.03. The smallest absolute Gasteiger partial charge is 0.327 e. The molecule has 2 heterocycles. The molecule has 0 bridgehead atoms. The molecule has 0 spiro atoms. The summed E-state index contributed by atoms with van der Waals surface area (Å²) in [5.41, 5.74) is 0.553. The van der Waals surface area contributed by atoms with Gasteiger partial charge in [-0.25, -0.2) is 4.79 Å². The Morgan fingerprint density at radius 2 is 2.44 bits per heavy atom. The van der Waals surface area contributed by atoms with Crippen molar-refractivity contribution < 1.29 is 4.42 Å². The van der Waals surface area contributed by atoms with Gasteiger partial charge in [0, 0.05) is 0 Å². The van der Waals surface area contributed by atoms with Gasteiger partial charge in [-0.3, -0.25) is 9.97 Å². The molecule has 0 unspecified atom stereocenters. The van der Waals surface area contributed by atoms with Crippen molar-refractivity contribution in [2.24, 2.45) is 0 Å². The molecule has 0 amide bonds. The first kappa shape index (κ1) is 4.37. The van der Waals surface area contributed by atoms with Crippen molar-refractivity contribution in [1.29, 1.82) is 0 Å². The molecular weight excluding hydrogens is 122 g/mol. The number of H-pyrrole nitrogens is 2. The van der Waals surface area contributed by atoms with E-state index in [0.29, 0.717) is 11.4 Å². The maximum Gasteiger partial charge on any atom is 0.327 e. The largest absolute Gasteiger partial charge is 0.425 e. The Morgan fingerprint density at radius 3 is 3.22 bits per heavy atom. The number of nitrogens with zero attached hydrogens (tertiary/aromatic N) is 1. The molecular formula is C4H3N3O2. The summed E-state index contributed by atoms with van der Waals surface area (Å²) in [5, 5.41) is 0. The first-order valence-electron chi connectivity index (χ1n) is 2.38. The van der Waals surface area contributed by atoms with E-state index in [4.69, 9.17) is 4.42 Å². The fourth-order valence-corrected chi connectivity index (χ4v) is 0.666. The molecule has 46 valence electrons. The summed E-state index contributed by atoms with van der Waals surface area (Å²) in [7, 11) is 0. The van der Waals surface area contributed by atoms with Crippen LogP contribution >= 0.6 is 0 Å². The molecule has 0 aliphatic heterocycles. The topological polar surface area (TPSA) is 74.7 Å². The third-order valence-electron chi connectivity index (χ3n) is 1.03. The van der Waals surface area contributed by atoms with E-state index in [1.54, 1.807) is 0 Å². The fraction of sp³-hybridized carbons (Fsp3) is 0. The van der Waals surface area contributed by atoms with Crippen molar-refractivity contribution in [2.75, 3.05) is 0 Å². The first-order valence-corrected chi connectivity index (χ1v) is 2.38. The van der Waals surface area contributed by atoms with Crippen molar-refractivity contribution in [3.63, 3.8) is 0 Å². The number of fused-ring (bicyclic) bond motifs is 1. The van der Waals surface area contributed by atoms with Gasteiger partial charge in [0.05, 0.1) is 0 Å². The van der Waals surface area contributed by atoms with Gasteiger partial charge in [0.2, 0.25) is 5.71 Å². The van der Waals surface area contributed by atoms with E-state index in [1.807, 2.05) is 0 Å². The average molecular weight is 125 g/mol. The van der Waals surface area contributed by atoms with Gasteiger partial charge in [-0.05, 0) is 0 Å². The van der Waals surface area contributed by atoms with Gasteiger partial charge < -0.3 is 4.42 Å². The van der Waals surface area contributed by atoms with Gasteiger partial charge in [-0.2, -0.15) is 4.98 Å². The molecule has 0 radical (unpaired) electrons. The van der Waals surface area contributed by atoms with E-state index in [9.17, 15) is 4.79 Å². The zero-order chi connectivity index (χ0) is 6.27. The Morgan fingerprint density at radius 1 is 1.56 bits per heavy atom. The van der Waals surface area contributed by atoms with E-state index in [2.05, 4.69) is 15.0 Å². The van der Waals surface area contributed by atoms with Gasteiger partial charge in [-0.1, -0.05) is 0 Å². The summed E-state index contributed by atoms with van der Waals surface area (Å²) in [6, 6.07) is 0. The summed E-state index contributed by atoms with van der Waals surface area (Å²) >= 11 is 0. The molecule has 2 aromatic heterocycles. The molecule has 5 nitrogen and oxygen atoms in total. The van der Waals surface area contributed by atoms with Crippen molar-refractivity contribution in [3.8, 4) is 0 Å². The third kappa shape index (κ3) is 0.479. The molecule has 0 saturated heterocycles. The molecule has 5 heteroatoms. The quantitative estimate of drug-likeness (QED) is 0.513. The van der Waals surface area contributed by atoms with Crippen LogP contribution in [0, 0.1) is 0 Å². The Hall–Kier alpha value is -1.52. The van der Waals surface area contributed by atoms with Crippen LogP contribution in [0.3, 0.4) is 0 Å². The molecule has 9 heavy (non-hydrogen) atoms. The van der Waals surface area contributed by atoms with Crippen LogP contribution in [0.15, 0.2) is 15.6 Å². The van der Waals surface area contributed by atoms with E-state index < -0.39 is 0 Å². The number of rotatable bonds is 0. The highest BCUT2D eigenvalue weighted by Gasteiger charge is 1.98. The van der Waals surface area contributed by atoms with Crippen LogP contribution in [0.5, 0.6) is 0 Å². The maximum atomic E-state index is 10.4. The summed E-state index contributed by atoms with van der Waals surface area (Å²) in [4.78, 5) is 18.9. The predicted octanol–water partition coefficient (Wildman–Crippen LogP) is -0.156. The average Bonchev–Trinajstić information content (AvgIpc) is 2.22. The molecule has 2 rings (SSSR count). The monoisotopic (exact) mass is 125 g/mol. The highest BCUT2D eigenvalue weighted by atomic mass is 16.3. The van der Waals surface area contributed by atoms with E-state index >= 15 is 0 Å². The summed E-state index contributed by atoms with van der Waals surface area (Å²) < 4.78 is 4.74. The standard InChI is InChI=1S/C4H3N3O2/c8-4-6-2-3(7-4)9-1-5-2/h1H,(H2,6,7,8). The SMILES string of the molecule is O=c1[nH]c2ncoc2[nH]1. The van der Waals surface area contributed by atoms with Gasteiger partial charge in [0.1, 0.15) is 0 Å². The van der Waals surface area contributed by atoms with Crippen LogP contribution in [0.1, 0.15) is 0 Å². The highest BCUT2D eigenvalue weighted by Crippen LogP contribution is 2.00. The van der Waals surface area contributed by atoms with Gasteiger partial charge in [0.15, 0.2) is 12.0 Å². The number of nitrogens with one attached hydrogen (secondary N) is 2. The molecule has 0 fully saturated rings. The highest BCUT2D eigenvalue weighted by molar-refractivity contribution is 5.60. The van der Waals surface area contributed by atoms with E-state index in [-0.39, 0.29) is 5.69 Å². The van der Waals surface area contributed by atoms with Crippen LogP contribution in [0.25, 0.3) is 11.4 Å². The van der Waals surface area contributed by atoms with E-state index in [1.165, 1.54) is 6.39 Å². The van der Waals surface area contributed by atoms with Gasteiger partial charge >= 0.3 is 5.69 Å². The minimum Gasteiger partial charge on any atom is -0.425 e. The molecule has 0 atom stereocenters. The second-order valence-corrected chi connectivity index (χ2v) is 1.61. The number of imidazole rings is 1. The molecule has 2 aromatic rings. The molecule has 2 N–H and O–H groups in total. The van der Waals surface area contributed by atoms with Crippen molar-refractivity contribution in [1.82, 2.24) is 15.0 Å². The summed E-state index contributed by atoms with van der Waals surface area (Å²) in [5.74, 6) is 0. The van der Waals surface area contributed by atoms with Crippen molar-refractivity contribution >= 4 is 11.4 Å². The lowest BCUT2D eigenvalue weighted by atomic mass is 10.8. The Kier molecular flexibility index (Phi) is 0.606. The first-order chi connectivity index (χ1) is 4.36. The minimum atomic E-state index is -0.295. The second-order valence-electron chi connectivity index (χ2n) is 1.61. The van der Waals surface area contributed by atoms with Crippen LogP contribution < -0.4 is 5.69 Å². The molecule has 0 aliphatic rings. The lowest BCUT2D eigenvalue weighted by Crippen LogP contribution is -1.99. The van der Waals surface area contributed by atoms with Crippen LogP contribution in [0.4, 0.5) is 0 Å². The zero-order valence-electron chi connectivity index (χ0n) is 4.34. The second kappa shape index (κ2) is 1.25. The Labute approximate surface area is 48.7 Å². The van der Waals surface area contributed by atoms with Gasteiger partial charge in [-0.15, -0.1) is 0 Å². The molecule has 0 aromatic carbocycles. The lowest BCUT2D eigenvalue weighted by molar-refractivity contribution is 0.590. The summed E-state index contributed by atoms with van der Waals surface area (Å²) in [6.07, 6.45) is 1.26. The maximum absolute atomic E-state index is 10.4. The number of aromatic nitrogens is 3. The predicted molar refractivity (Wildman–Crippen MR) is 29.0 cm³/mol. The van der Waals surface area contributed by atoms with Crippen LogP contribution in [-0.4, -0.2) is 15.0 Å². The number of hydrogen-bond donors (Lipinski definition) is 2. The zero-order valence-corrected chi connectivity index (χ0v) is 4.34. The van der Waals surface area contributed by atoms with E-state index in [0.717, 1.165) is 0 Å². The Bertz CT molecular complexity index is 336. The summed E-state index contributed by atoms with van der Waals surface area (Å²) in [6.45, 7) is 0. The number of hydrogen-bond acceptors (Lipinski definition) is 3. The number of oxazole rings is 1. The molecule has 0 aliphatic carbocycles.